The SMILES string of the molecule is CC/C=C/CCCSCCC/C=C/CC. The van der Waals surface area contributed by atoms with Crippen molar-refractivity contribution in [2.45, 2.75) is 52.4 Å². The van der Waals surface area contributed by atoms with Gasteiger partial charge in [-0.2, -0.15) is 11.8 Å². The average Bonchev–Trinajstić information content (AvgIpc) is 2.26. The van der Waals surface area contributed by atoms with Crippen molar-refractivity contribution in [3.8, 4) is 0 Å². The van der Waals surface area contributed by atoms with Gasteiger partial charge in [-0.3, -0.25) is 0 Å². The number of hydrogen-bond donors (Lipinski definition) is 0. The lowest BCUT2D eigenvalue weighted by Crippen LogP contribution is -1.83. The van der Waals surface area contributed by atoms with E-state index in [1.807, 2.05) is 0 Å². The van der Waals surface area contributed by atoms with Gasteiger partial charge in [-0.25, -0.2) is 0 Å². The molecule has 88 valence electrons. The highest BCUT2D eigenvalue weighted by atomic mass is 32.2. The first-order valence-corrected chi connectivity index (χ1v) is 7.45. The van der Waals surface area contributed by atoms with Crippen molar-refractivity contribution >= 4 is 11.8 Å². The largest absolute Gasteiger partial charge is 0.162 e. The van der Waals surface area contributed by atoms with Crippen molar-refractivity contribution in [3.63, 3.8) is 0 Å². The second-order valence-corrected chi connectivity index (χ2v) is 4.88. The molecule has 0 N–H and O–H groups in total. The first-order valence-electron chi connectivity index (χ1n) is 6.29. The molecular weight excluding hydrogens is 200 g/mol. The van der Waals surface area contributed by atoms with Gasteiger partial charge in [-0.15, -0.1) is 0 Å². The fourth-order valence-corrected chi connectivity index (χ4v) is 2.22. The van der Waals surface area contributed by atoms with Crippen molar-refractivity contribution < 1.29 is 0 Å². The van der Waals surface area contributed by atoms with E-state index in [1.54, 1.807) is 0 Å². The molecule has 15 heavy (non-hydrogen) atoms. The number of thioether (sulfide) groups is 1. The minimum absolute atomic E-state index is 1.18. The summed E-state index contributed by atoms with van der Waals surface area (Å²) in [7, 11) is 0. The van der Waals surface area contributed by atoms with Crippen molar-refractivity contribution in [2.24, 2.45) is 0 Å². The summed E-state index contributed by atoms with van der Waals surface area (Å²) < 4.78 is 0. The Bertz CT molecular complexity index is 141. The van der Waals surface area contributed by atoms with Gasteiger partial charge in [-0.05, 0) is 50.0 Å². The molecule has 1 heteroatoms. The lowest BCUT2D eigenvalue weighted by atomic mass is 10.3. The summed E-state index contributed by atoms with van der Waals surface area (Å²) in [5, 5.41) is 0. The molecule has 0 atom stereocenters. The minimum atomic E-state index is 1.18. The lowest BCUT2D eigenvalue weighted by molar-refractivity contribution is 0.943. The van der Waals surface area contributed by atoms with Crippen LogP contribution >= 0.6 is 11.8 Å². The maximum Gasteiger partial charge on any atom is -0.00646 e. The zero-order valence-electron chi connectivity index (χ0n) is 10.4. The Morgan fingerprint density at radius 2 is 1.20 bits per heavy atom. The first kappa shape index (κ1) is 14.8. The molecule has 0 saturated carbocycles. The summed E-state index contributed by atoms with van der Waals surface area (Å²) in [5.41, 5.74) is 0. The van der Waals surface area contributed by atoms with Gasteiger partial charge in [-0.1, -0.05) is 38.2 Å². The van der Waals surface area contributed by atoms with Crippen LogP contribution in [0.3, 0.4) is 0 Å². The third kappa shape index (κ3) is 13.8. The molecule has 0 aliphatic heterocycles. The fourth-order valence-electron chi connectivity index (χ4n) is 1.28. The molecule has 0 aliphatic rings. The Morgan fingerprint density at radius 1 is 0.733 bits per heavy atom. The molecule has 0 heterocycles. The fraction of sp³-hybridized carbons (Fsp3) is 0.714. The standard InChI is InChI=1S/C14H26S/c1-3-5-7-9-11-13-15-14-12-10-8-6-4-2/h5-8H,3-4,9-14H2,1-2H3/b7-5+,8-6+. The average molecular weight is 226 g/mol. The van der Waals surface area contributed by atoms with E-state index in [-0.39, 0.29) is 0 Å². The summed E-state index contributed by atoms with van der Waals surface area (Å²) in [4.78, 5) is 0. The molecule has 0 nitrogen and oxygen atoms in total. The molecule has 0 unspecified atom stereocenters. The minimum Gasteiger partial charge on any atom is -0.162 e. The van der Waals surface area contributed by atoms with Crippen molar-refractivity contribution in [1.29, 1.82) is 0 Å². The van der Waals surface area contributed by atoms with Gasteiger partial charge >= 0.3 is 0 Å². The Hall–Kier alpha value is -0.170. The highest BCUT2D eigenvalue weighted by Crippen LogP contribution is 2.08. The number of rotatable bonds is 10. The van der Waals surface area contributed by atoms with Gasteiger partial charge in [0.25, 0.3) is 0 Å². The Kier molecular flexibility index (Phi) is 13.7. The van der Waals surface area contributed by atoms with E-state index >= 15 is 0 Å². The zero-order valence-corrected chi connectivity index (χ0v) is 11.2. The van der Waals surface area contributed by atoms with Crippen LogP contribution in [0.4, 0.5) is 0 Å². The van der Waals surface area contributed by atoms with Crippen LogP contribution in [0, 0.1) is 0 Å². The highest BCUT2D eigenvalue weighted by Gasteiger charge is 1.88. The van der Waals surface area contributed by atoms with E-state index in [0.717, 1.165) is 0 Å². The molecule has 0 spiro atoms. The molecule has 0 aromatic carbocycles. The summed E-state index contributed by atoms with van der Waals surface area (Å²) in [5.74, 6) is 2.65. The van der Waals surface area contributed by atoms with Crippen molar-refractivity contribution in [2.75, 3.05) is 11.5 Å². The monoisotopic (exact) mass is 226 g/mol. The number of allylic oxidation sites excluding steroid dienone is 4. The number of unbranched alkanes of at least 4 members (excludes halogenated alkanes) is 2. The van der Waals surface area contributed by atoms with Crippen LogP contribution in [0.2, 0.25) is 0 Å². The predicted octanol–water partition coefficient (Wildman–Crippen LogP) is 5.21. The molecular formula is C14H26S. The Balaban J connectivity index is 2.98. The van der Waals surface area contributed by atoms with Crippen LogP contribution in [0.5, 0.6) is 0 Å². The summed E-state index contributed by atoms with van der Waals surface area (Å²) >= 11 is 2.10. The van der Waals surface area contributed by atoms with Crippen LogP contribution in [-0.2, 0) is 0 Å². The summed E-state index contributed by atoms with van der Waals surface area (Å²) in [6, 6.07) is 0. The quantitative estimate of drug-likeness (QED) is 0.364. The van der Waals surface area contributed by atoms with Gasteiger partial charge in [0.2, 0.25) is 0 Å². The second-order valence-electron chi connectivity index (χ2n) is 3.66. The molecule has 0 bridgehead atoms. The van der Waals surface area contributed by atoms with Crippen molar-refractivity contribution in [3.05, 3.63) is 24.3 Å². The van der Waals surface area contributed by atoms with E-state index in [0.29, 0.717) is 0 Å². The maximum atomic E-state index is 2.31. The Labute approximate surface area is 100 Å². The van der Waals surface area contributed by atoms with Gasteiger partial charge in [0, 0.05) is 0 Å². The van der Waals surface area contributed by atoms with E-state index in [9.17, 15) is 0 Å². The molecule has 0 aromatic rings. The van der Waals surface area contributed by atoms with Crippen LogP contribution in [0.15, 0.2) is 24.3 Å². The van der Waals surface area contributed by atoms with Crippen LogP contribution in [0.1, 0.15) is 52.4 Å². The number of hydrogen-bond acceptors (Lipinski definition) is 1. The summed E-state index contributed by atoms with van der Waals surface area (Å²) in [6.07, 6.45) is 16.7. The van der Waals surface area contributed by atoms with E-state index in [4.69, 9.17) is 0 Å². The Morgan fingerprint density at radius 3 is 1.60 bits per heavy atom. The van der Waals surface area contributed by atoms with Crippen LogP contribution in [0.25, 0.3) is 0 Å². The third-order valence-electron chi connectivity index (χ3n) is 2.12. The van der Waals surface area contributed by atoms with Gasteiger partial charge < -0.3 is 0 Å². The maximum absolute atomic E-state index is 2.31. The third-order valence-corrected chi connectivity index (χ3v) is 3.28. The molecule has 0 saturated heterocycles. The van der Waals surface area contributed by atoms with E-state index in [2.05, 4.69) is 49.9 Å². The van der Waals surface area contributed by atoms with E-state index < -0.39 is 0 Å². The second kappa shape index (κ2) is 13.8. The van der Waals surface area contributed by atoms with Crippen LogP contribution in [-0.4, -0.2) is 11.5 Å². The molecule has 0 amide bonds. The van der Waals surface area contributed by atoms with Gasteiger partial charge in [0.05, 0.1) is 0 Å². The predicted molar refractivity (Wildman–Crippen MR) is 74.7 cm³/mol. The highest BCUT2D eigenvalue weighted by molar-refractivity contribution is 7.99. The smallest absolute Gasteiger partial charge is 0.00646 e. The first-order chi connectivity index (χ1) is 7.41. The zero-order chi connectivity index (χ0) is 11.2. The molecule has 0 fully saturated rings. The van der Waals surface area contributed by atoms with Gasteiger partial charge in [0.1, 0.15) is 0 Å². The van der Waals surface area contributed by atoms with E-state index in [1.165, 1.54) is 50.0 Å². The van der Waals surface area contributed by atoms with Gasteiger partial charge in [0.15, 0.2) is 0 Å². The molecule has 0 rings (SSSR count). The summed E-state index contributed by atoms with van der Waals surface area (Å²) in [6.45, 7) is 4.38. The topological polar surface area (TPSA) is 0 Å². The lowest BCUT2D eigenvalue weighted by Gasteiger charge is -1.98. The molecule has 0 radical (unpaired) electrons. The molecule has 0 aliphatic carbocycles. The van der Waals surface area contributed by atoms with Crippen LogP contribution < -0.4 is 0 Å². The molecule has 0 aromatic heterocycles. The van der Waals surface area contributed by atoms with Crippen molar-refractivity contribution in [1.82, 2.24) is 0 Å². The normalized spacial score (nSPS) is 11.9.